The van der Waals surface area contributed by atoms with Gasteiger partial charge in [-0.2, -0.15) is 0 Å². The second-order valence-electron chi connectivity index (χ2n) is 6.33. The molecule has 0 unspecified atom stereocenters. The van der Waals surface area contributed by atoms with Crippen LogP contribution in [0.25, 0.3) is 0 Å². The lowest BCUT2D eigenvalue weighted by atomic mass is 10.3. The molecular weight excluding hydrogens is 422 g/mol. The first-order valence-electron chi connectivity index (χ1n) is 9.09. The van der Waals surface area contributed by atoms with Crippen molar-refractivity contribution in [2.75, 3.05) is 52.2 Å². The molecule has 10 nitrogen and oxygen atoms in total. The zero-order chi connectivity index (χ0) is 21.4. The molecule has 1 aliphatic heterocycles. The van der Waals surface area contributed by atoms with Crippen LogP contribution in [0, 0.1) is 0 Å². The van der Waals surface area contributed by atoms with E-state index in [0.717, 1.165) is 11.1 Å². The quantitative estimate of drug-likeness (QED) is 0.569. The summed E-state index contributed by atoms with van der Waals surface area (Å²) in [4.78, 5) is 40.3. The zero-order valence-electron chi connectivity index (χ0n) is 16.4. The van der Waals surface area contributed by atoms with Crippen LogP contribution in [0.15, 0.2) is 12.1 Å². The van der Waals surface area contributed by atoms with Gasteiger partial charge in [-0.15, -0.1) is 11.3 Å². The third kappa shape index (κ3) is 7.63. The lowest BCUT2D eigenvalue weighted by Crippen LogP contribution is -2.51. The van der Waals surface area contributed by atoms with Crippen molar-refractivity contribution >= 4 is 39.3 Å². The number of sulfonamides is 1. The Balaban J connectivity index is 1.74. The van der Waals surface area contributed by atoms with Gasteiger partial charge in [0.1, 0.15) is 4.88 Å². The number of hydrogen-bond donors (Lipinski definition) is 1. The number of esters is 1. The van der Waals surface area contributed by atoms with Crippen molar-refractivity contribution in [1.82, 2.24) is 14.5 Å². The standard InChI is InChI=1S/C17H25N3O7S2/c1-3-26-17(23)20-10-8-19(9-11-20)15(21)12-27-16(22)14-5-4-13(28-14)6-7-18-29(2,24)25/h4-5,18H,3,6-12H2,1-2H3. The Hall–Kier alpha value is -2.18. The highest BCUT2D eigenvalue weighted by atomic mass is 32.2. The van der Waals surface area contributed by atoms with Crippen LogP contribution in [0.4, 0.5) is 4.79 Å². The van der Waals surface area contributed by atoms with Gasteiger partial charge in [-0.05, 0) is 25.5 Å². The van der Waals surface area contributed by atoms with E-state index in [0.29, 0.717) is 44.1 Å². The molecule has 0 atom stereocenters. The number of nitrogens with zero attached hydrogens (tertiary/aromatic N) is 2. The van der Waals surface area contributed by atoms with E-state index < -0.39 is 22.1 Å². The Kier molecular flexibility index (Phi) is 8.41. The number of rotatable bonds is 8. The summed E-state index contributed by atoms with van der Waals surface area (Å²) in [5, 5.41) is 0. The molecule has 1 saturated heterocycles. The summed E-state index contributed by atoms with van der Waals surface area (Å²) in [6, 6.07) is 3.31. The fraction of sp³-hybridized carbons (Fsp3) is 0.588. The predicted octanol–water partition coefficient (Wildman–Crippen LogP) is 0.297. The number of hydrogen-bond acceptors (Lipinski definition) is 8. The van der Waals surface area contributed by atoms with Crippen LogP contribution < -0.4 is 4.72 Å². The number of piperazine rings is 1. The summed E-state index contributed by atoms with van der Waals surface area (Å²) in [5.74, 6) is -0.924. The highest BCUT2D eigenvalue weighted by molar-refractivity contribution is 7.88. The highest BCUT2D eigenvalue weighted by Gasteiger charge is 2.25. The fourth-order valence-corrected chi connectivity index (χ4v) is 4.00. The molecule has 1 N–H and O–H groups in total. The van der Waals surface area contributed by atoms with Crippen LogP contribution in [-0.2, 0) is 30.7 Å². The van der Waals surface area contributed by atoms with E-state index in [2.05, 4.69) is 4.72 Å². The summed E-state index contributed by atoms with van der Waals surface area (Å²) in [7, 11) is -3.25. The maximum atomic E-state index is 12.2. The number of thiophene rings is 1. The minimum atomic E-state index is -3.25. The first kappa shape index (κ1) is 23.1. The van der Waals surface area contributed by atoms with E-state index in [-0.39, 0.29) is 19.1 Å². The molecule has 0 radical (unpaired) electrons. The van der Waals surface area contributed by atoms with Gasteiger partial charge in [-0.3, -0.25) is 4.79 Å². The smallest absolute Gasteiger partial charge is 0.409 e. The summed E-state index contributed by atoms with van der Waals surface area (Å²) >= 11 is 1.19. The average Bonchev–Trinajstić information content (AvgIpc) is 3.14. The molecule has 1 aliphatic rings. The largest absolute Gasteiger partial charge is 0.451 e. The topological polar surface area (TPSA) is 122 Å². The third-order valence-corrected chi connectivity index (χ3v) is 5.94. The first-order chi connectivity index (χ1) is 13.7. The van der Waals surface area contributed by atoms with E-state index >= 15 is 0 Å². The van der Waals surface area contributed by atoms with Gasteiger partial charge in [0.15, 0.2) is 6.61 Å². The maximum absolute atomic E-state index is 12.2. The molecule has 1 aromatic rings. The normalized spacial score (nSPS) is 14.6. The van der Waals surface area contributed by atoms with Crippen LogP contribution in [0.3, 0.4) is 0 Å². The van der Waals surface area contributed by atoms with E-state index in [4.69, 9.17) is 9.47 Å². The number of carbonyl (C=O) groups excluding carboxylic acids is 3. The zero-order valence-corrected chi connectivity index (χ0v) is 18.0. The van der Waals surface area contributed by atoms with Gasteiger partial charge in [-0.25, -0.2) is 22.7 Å². The summed E-state index contributed by atoms with van der Waals surface area (Å²) in [5.41, 5.74) is 0. The Morgan fingerprint density at radius 3 is 2.38 bits per heavy atom. The second kappa shape index (κ2) is 10.6. The number of amides is 2. The number of carbonyl (C=O) groups is 3. The van der Waals surface area contributed by atoms with Gasteiger partial charge < -0.3 is 19.3 Å². The molecule has 1 fully saturated rings. The Morgan fingerprint density at radius 1 is 1.10 bits per heavy atom. The SMILES string of the molecule is CCOC(=O)N1CCN(C(=O)COC(=O)c2ccc(CCNS(C)(=O)=O)s2)CC1. The molecule has 0 bridgehead atoms. The van der Waals surface area contributed by atoms with Crippen molar-refractivity contribution < 1.29 is 32.3 Å². The van der Waals surface area contributed by atoms with E-state index in [1.807, 2.05) is 0 Å². The molecule has 0 aliphatic carbocycles. The van der Waals surface area contributed by atoms with Gasteiger partial charge in [-0.1, -0.05) is 0 Å². The Morgan fingerprint density at radius 2 is 1.76 bits per heavy atom. The van der Waals surface area contributed by atoms with Gasteiger partial charge in [0.05, 0.1) is 12.9 Å². The van der Waals surface area contributed by atoms with Crippen molar-refractivity contribution in [3.63, 3.8) is 0 Å². The van der Waals surface area contributed by atoms with Crippen molar-refractivity contribution in [3.8, 4) is 0 Å². The summed E-state index contributed by atoms with van der Waals surface area (Å²) in [6.45, 7) is 3.34. The van der Waals surface area contributed by atoms with Crippen LogP contribution in [0.1, 0.15) is 21.5 Å². The Labute approximate surface area is 173 Å². The molecule has 162 valence electrons. The van der Waals surface area contributed by atoms with Gasteiger partial charge in [0.25, 0.3) is 5.91 Å². The first-order valence-corrected chi connectivity index (χ1v) is 11.8. The Bertz CT molecular complexity index is 830. The summed E-state index contributed by atoms with van der Waals surface area (Å²) in [6.07, 6.45) is 1.14. The van der Waals surface area contributed by atoms with Crippen LogP contribution in [-0.4, -0.2) is 88.4 Å². The molecule has 29 heavy (non-hydrogen) atoms. The molecule has 0 saturated carbocycles. The van der Waals surface area contributed by atoms with Gasteiger partial charge in [0, 0.05) is 37.6 Å². The highest BCUT2D eigenvalue weighted by Crippen LogP contribution is 2.18. The molecule has 0 spiro atoms. The van der Waals surface area contributed by atoms with E-state index in [1.165, 1.54) is 16.2 Å². The summed E-state index contributed by atoms with van der Waals surface area (Å²) < 4.78 is 34.5. The van der Waals surface area contributed by atoms with Gasteiger partial charge in [0.2, 0.25) is 10.0 Å². The fourth-order valence-electron chi connectivity index (χ4n) is 2.62. The number of ether oxygens (including phenoxy) is 2. The van der Waals surface area contributed by atoms with E-state index in [9.17, 15) is 22.8 Å². The number of nitrogens with one attached hydrogen (secondary N) is 1. The van der Waals surface area contributed by atoms with Crippen LogP contribution in [0.2, 0.25) is 0 Å². The minimum absolute atomic E-state index is 0.240. The lowest BCUT2D eigenvalue weighted by Gasteiger charge is -2.33. The maximum Gasteiger partial charge on any atom is 0.409 e. The molecule has 1 aromatic heterocycles. The molecule has 2 rings (SSSR count). The van der Waals surface area contributed by atoms with Crippen molar-refractivity contribution in [2.24, 2.45) is 0 Å². The molecule has 2 heterocycles. The molecule has 12 heteroatoms. The molecular formula is C17H25N3O7S2. The van der Waals surface area contributed by atoms with Crippen molar-refractivity contribution in [1.29, 1.82) is 0 Å². The molecule has 2 amide bonds. The monoisotopic (exact) mass is 447 g/mol. The second-order valence-corrected chi connectivity index (χ2v) is 9.33. The van der Waals surface area contributed by atoms with E-state index in [1.54, 1.807) is 24.0 Å². The van der Waals surface area contributed by atoms with Crippen molar-refractivity contribution in [3.05, 3.63) is 21.9 Å². The van der Waals surface area contributed by atoms with Crippen LogP contribution in [0.5, 0.6) is 0 Å². The minimum Gasteiger partial charge on any atom is -0.451 e. The van der Waals surface area contributed by atoms with Gasteiger partial charge >= 0.3 is 12.1 Å². The predicted molar refractivity (Wildman–Crippen MR) is 106 cm³/mol. The van der Waals surface area contributed by atoms with Crippen LogP contribution >= 0.6 is 11.3 Å². The van der Waals surface area contributed by atoms with Crippen molar-refractivity contribution in [2.45, 2.75) is 13.3 Å². The third-order valence-electron chi connectivity index (χ3n) is 4.08. The lowest BCUT2D eigenvalue weighted by molar-refractivity contribution is -0.136. The average molecular weight is 448 g/mol. The molecule has 0 aromatic carbocycles.